The van der Waals surface area contributed by atoms with Crippen molar-refractivity contribution in [3.8, 4) is 11.8 Å². The highest BCUT2D eigenvalue weighted by atomic mass is 19.1. The summed E-state index contributed by atoms with van der Waals surface area (Å²) in [4.78, 5) is 0. The van der Waals surface area contributed by atoms with Crippen molar-refractivity contribution in [1.82, 2.24) is 0 Å². The van der Waals surface area contributed by atoms with Crippen LogP contribution in [0.1, 0.15) is 16.7 Å². The van der Waals surface area contributed by atoms with E-state index >= 15 is 0 Å². The fourth-order valence-corrected chi connectivity index (χ4v) is 1.70. The molecule has 2 aromatic rings. The second-order valence-electron chi connectivity index (χ2n) is 4.00. The Bertz CT molecular complexity index is 602. The van der Waals surface area contributed by atoms with Crippen LogP contribution in [0.5, 0.6) is 5.75 Å². The predicted molar refractivity (Wildman–Crippen MR) is 66.6 cm³/mol. The van der Waals surface area contributed by atoms with Crippen LogP contribution in [-0.2, 0) is 6.61 Å². The van der Waals surface area contributed by atoms with Crippen LogP contribution in [0.15, 0.2) is 42.5 Å². The second kappa shape index (κ2) is 5.33. The summed E-state index contributed by atoms with van der Waals surface area (Å²) in [5.74, 6) is -0.279. The van der Waals surface area contributed by atoms with E-state index in [4.69, 9.17) is 10.00 Å². The molecule has 3 heteroatoms. The molecule has 0 radical (unpaired) electrons. The summed E-state index contributed by atoms with van der Waals surface area (Å²) >= 11 is 0. The van der Waals surface area contributed by atoms with Crippen molar-refractivity contribution < 1.29 is 9.13 Å². The fourth-order valence-electron chi connectivity index (χ4n) is 1.70. The molecular formula is C15H12FNO. The summed E-state index contributed by atoms with van der Waals surface area (Å²) < 4.78 is 18.8. The van der Waals surface area contributed by atoms with E-state index in [1.54, 1.807) is 6.07 Å². The van der Waals surface area contributed by atoms with Gasteiger partial charge in [0.05, 0.1) is 0 Å². The Hall–Kier alpha value is -2.34. The van der Waals surface area contributed by atoms with E-state index < -0.39 is 5.82 Å². The summed E-state index contributed by atoms with van der Waals surface area (Å²) in [6.07, 6.45) is 0. The Morgan fingerprint density at radius 1 is 1.22 bits per heavy atom. The molecule has 0 aliphatic heterocycles. The van der Waals surface area contributed by atoms with Gasteiger partial charge in [0, 0.05) is 0 Å². The van der Waals surface area contributed by atoms with Crippen molar-refractivity contribution >= 4 is 0 Å². The van der Waals surface area contributed by atoms with E-state index in [-0.39, 0.29) is 11.3 Å². The average Bonchev–Trinajstić information content (AvgIpc) is 2.36. The number of hydrogen-bond donors (Lipinski definition) is 0. The first kappa shape index (κ1) is 12.1. The molecule has 2 rings (SSSR count). The SMILES string of the molecule is Cc1cccc(COc2cccc(F)c2C#N)c1. The molecule has 0 saturated carbocycles. The normalized spacial score (nSPS) is 9.83. The van der Waals surface area contributed by atoms with Gasteiger partial charge in [-0.2, -0.15) is 5.26 Å². The topological polar surface area (TPSA) is 33.0 Å². The molecule has 2 aromatic carbocycles. The smallest absolute Gasteiger partial charge is 0.144 e. The van der Waals surface area contributed by atoms with Crippen LogP contribution in [0.4, 0.5) is 4.39 Å². The lowest BCUT2D eigenvalue weighted by atomic mass is 10.1. The maximum Gasteiger partial charge on any atom is 0.144 e. The molecule has 0 saturated heterocycles. The van der Waals surface area contributed by atoms with Crippen molar-refractivity contribution in [1.29, 1.82) is 5.26 Å². The van der Waals surface area contributed by atoms with Gasteiger partial charge in [0.1, 0.15) is 29.8 Å². The molecule has 0 bridgehead atoms. The molecule has 0 atom stereocenters. The number of ether oxygens (including phenoxy) is 1. The predicted octanol–water partition coefficient (Wildman–Crippen LogP) is 3.58. The zero-order valence-corrected chi connectivity index (χ0v) is 9.98. The molecule has 0 fully saturated rings. The Morgan fingerprint density at radius 2 is 2.00 bits per heavy atom. The molecule has 0 aliphatic rings. The second-order valence-corrected chi connectivity index (χ2v) is 4.00. The Labute approximate surface area is 105 Å². The van der Waals surface area contributed by atoms with E-state index in [9.17, 15) is 4.39 Å². The molecule has 0 spiro atoms. The molecular weight excluding hydrogens is 229 g/mol. The van der Waals surface area contributed by atoms with Crippen molar-refractivity contribution in [2.45, 2.75) is 13.5 Å². The number of halogens is 1. The lowest BCUT2D eigenvalue weighted by molar-refractivity contribution is 0.303. The quantitative estimate of drug-likeness (QED) is 0.822. The summed E-state index contributed by atoms with van der Waals surface area (Å²) in [6.45, 7) is 2.31. The molecule has 0 heterocycles. The van der Waals surface area contributed by atoms with E-state index in [0.717, 1.165) is 11.1 Å². The minimum absolute atomic E-state index is 0.0508. The number of benzene rings is 2. The van der Waals surface area contributed by atoms with Gasteiger partial charge in [-0.3, -0.25) is 0 Å². The monoisotopic (exact) mass is 241 g/mol. The maximum atomic E-state index is 13.3. The van der Waals surface area contributed by atoms with Crippen LogP contribution in [0.3, 0.4) is 0 Å². The molecule has 0 unspecified atom stereocenters. The van der Waals surface area contributed by atoms with Crippen LogP contribution in [-0.4, -0.2) is 0 Å². The number of nitrogens with zero attached hydrogens (tertiary/aromatic N) is 1. The maximum absolute atomic E-state index is 13.3. The van der Waals surface area contributed by atoms with Crippen molar-refractivity contribution in [3.63, 3.8) is 0 Å². The minimum atomic E-state index is -0.556. The average molecular weight is 241 g/mol. The molecule has 90 valence electrons. The van der Waals surface area contributed by atoms with E-state index in [0.29, 0.717) is 6.61 Å². The van der Waals surface area contributed by atoms with Crippen molar-refractivity contribution in [2.24, 2.45) is 0 Å². The van der Waals surface area contributed by atoms with E-state index in [1.807, 2.05) is 37.3 Å². The number of aryl methyl sites for hydroxylation is 1. The number of nitriles is 1. The number of hydrogen-bond acceptors (Lipinski definition) is 2. The fraction of sp³-hybridized carbons (Fsp3) is 0.133. The highest BCUT2D eigenvalue weighted by Gasteiger charge is 2.08. The van der Waals surface area contributed by atoms with Crippen LogP contribution in [0, 0.1) is 24.1 Å². The van der Waals surface area contributed by atoms with Crippen LogP contribution >= 0.6 is 0 Å². The van der Waals surface area contributed by atoms with Crippen LogP contribution in [0.2, 0.25) is 0 Å². The molecule has 0 N–H and O–H groups in total. The van der Waals surface area contributed by atoms with Crippen LogP contribution < -0.4 is 4.74 Å². The van der Waals surface area contributed by atoms with Gasteiger partial charge in [0.25, 0.3) is 0 Å². The first-order chi connectivity index (χ1) is 8.70. The summed E-state index contributed by atoms with van der Waals surface area (Å²) in [6, 6.07) is 14.0. The van der Waals surface area contributed by atoms with Gasteiger partial charge in [-0.1, -0.05) is 35.9 Å². The molecule has 18 heavy (non-hydrogen) atoms. The molecule has 0 aromatic heterocycles. The lowest BCUT2D eigenvalue weighted by Crippen LogP contribution is -1.98. The molecule has 0 aliphatic carbocycles. The van der Waals surface area contributed by atoms with Gasteiger partial charge in [-0.25, -0.2) is 4.39 Å². The van der Waals surface area contributed by atoms with Gasteiger partial charge in [0.15, 0.2) is 0 Å². The summed E-state index contributed by atoms with van der Waals surface area (Å²) in [7, 11) is 0. The van der Waals surface area contributed by atoms with Gasteiger partial charge in [-0.05, 0) is 24.6 Å². The zero-order chi connectivity index (χ0) is 13.0. The third kappa shape index (κ3) is 2.67. The first-order valence-corrected chi connectivity index (χ1v) is 5.57. The Kier molecular flexibility index (Phi) is 3.59. The largest absolute Gasteiger partial charge is 0.487 e. The molecule has 0 amide bonds. The Balaban J connectivity index is 2.16. The lowest BCUT2D eigenvalue weighted by Gasteiger charge is -2.08. The Morgan fingerprint density at radius 3 is 2.72 bits per heavy atom. The number of rotatable bonds is 3. The van der Waals surface area contributed by atoms with Crippen molar-refractivity contribution in [3.05, 3.63) is 65.0 Å². The third-order valence-electron chi connectivity index (χ3n) is 2.56. The standard InChI is InChI=1S/C15H12FNO/c1-11-4-2-5-12(8-11)10-18-15-7-3-6-14(16)13(15)9-17/h2-8H,10H2,1H3. The summed E-state index contributed by atoms with van der Waals surface area (Å²) in [5.41, 5.74) is 2.07. The van der Waals surface area contributed by atoms with Gasteiger partial charge in [0.2, 0.25) is 0 Å². The van der Waals surface area contributed by atoms with Gasteiger partial charge in [-0.15, -0.1) is 0 Å². The van der Waals surface area contributed by atoms with Crippen LogP contribution in [0.25, 0.3) is 0 Å². The molecule has 2 nitrogen and oxygen atoms in total. The first-order valence-electron chi connectivity index (χ1n) is 5.57. The van der Waals surface area contributed by atoms with Crippen molar-refractivity contribution in [2.75, 3.05) is 0 Å². The zero-order valence-electron chi connectivity index (χ0n) is 9.98. The third-order valence-corrected chi connectivity index (χ3v) is 2.56. The van der Waals surface area contributed by atoms with E-state index in [1.165, 1.54) is 12.1 Å². The van der Waals surface area contributed by atoms with Gasteiger partial charge >= 0.3 is 0 Å². The summed E-state index contributed by atoms with van der Waals surface area (Å²) in [5, 5.41) is 8.87. The minimum Gasteiger partial charge on any atom is -0.487 e. The van der Waals surface area contributed by atoms with Gasteiger partial charge < -0.3 is 4.74 Å². The highest BCUT2D eigenvalue weighted by molar-refractivity contribution is 5.43. The van der Waals surface area contributed by atoms with E-state index in [2.05, 4.69) is 0 Å². The highest BCUT2D eigenvalue weighted by Crippen LogP contribution is 2.21.